The van der Waals surface area contributed by atoms with Gasteiger partial charge in [0.2, 0.25) is 0 Å². The number of nitrogen functional groups attached to an aromatic ring is 1. The van der Waals surface area contributed by atoms with Crippen molar-refractivity contribution in [3.8, 4) is 5.75 Å². The minimum absolute atomic E-state index is 0.191. The van der Waals surface area contributed by atoms with Crippen LogP contribution in [0.15, 0.2) is 18.2 Å². The SMILES string of the molecule is CC1CCCC(COc2ccc(C(=O)O)cc2N)C1. The number of hydrogen-bond acceptors (Lipinski definition) is 3. The molecule has 4 nitrogen and oxygen atoms in total. The third-order valence-corrected chi connectivity index (χ3v) is 3.78. The Labute approximate surface area is 113 Å². The lowest BCUT2D eigenvalue weighted by Gasteiger charge is -2.26. The summed E-state index contributed by atoms with van der Waals surface area (Å²) in [5, 5.41) is 8.87. The number of carboxylic acids is 1. The summed E-state index contributed by atoms with van der Waals surface area (Å²) < 4.78 is 5.74. The monoisotopic (exact) mass is 263 g/mol. The predicted octanol–water partition coefficient (Wildman–Crippen LogP) is 3.17. The van der Waals surface area contributed by atoms with E-state index in [0.29, 0.717) is 24.0 Å². The van der Waals surface area contributed by atoms with Crippen LogP contribution in [0, 0.1) is 11.8 Å². The minimum atomic E-state index is -0.973. The first-order valence-electron chi connectivity index (χ1n) is 6.82. The number of anilines is 1. The highest BCUT2D eigenvalue weighted by atomic mass is 16.5. The van der Waals surface area contributed by atoms with E-state index in [9.17, 15) is 4.79 Å². The summed E-state index contributed by atoms with van der Waals surface area (Å²) in [6.45, 7) is 2.95. The van der Waals surface area contributed by atoms with Crippen molar-refractivity contribution in [2.24, 2.45) is 11.8 Å². The molecule has 2 rings (SSSR count). The molecule has 3 N–H and O–H groups in total. The Balaban J connectivity index is 1.94. The molecule has 4 heteroatoms. The van der Waals surface area contributed by atoms with Crippen molar-refractivity contribution in [2.75, 3.05) is 12.3 Å². The van der Waals surface area contributed by atoms with Gasteiger partial charge in [-0.3, -0.25) is 0 Å². The van der Waals surface area contributed by atoms with Gasteiger partial charge in [0.25, 0.3) is 0 Å². The molecule has 0 saturated heterocycles. The summed E-state index contributed by atoms with van der Waals surface area (Å²) in [4.78, 5) is 10.8. The van der Waals surface area contributed by atoms with Crippen molar-refractivity contribution in [2.45, 2.75) is 32.6 Å². The molecule has 2 unspecified atom stereocenters. The molecule has 19 heavy (non-hydrogen) atoms. The second-order valence-electron chi connectivity index (χ2n) is 5.51. The van der Waals surface area contributed by atoms with Gasteiger partial charge in [-0.25, -0.2) is 4.79 Å². The number of nitrogens with two attached hydrogens (primary N) is 1. The maximum atomic E-state index is 10.8. The summed E-state index contributed by atoms with van der Waals surface area (Å²) in [5.41, 5.74) is 6.40. The van der Waals surface area contributed by atoms with E-state index in [2.05, 4.69) is 6.92 Å². The quantitative estimate of drug-likeness (QED) is 0.818. The molecular formula is C15H21NO3. The van der Waals surface area contributed by atoms with Gasteiger partial charge in [0.15, 0.2) is 0 Å². The lowest BCUT2D eigenvalue weighted by molar-refractivity contribution is 0.0697. The van der Waals surface area contributed by atoms with Crippen molar-refractivity contribution < 1.29 is 14.6 Å². The molecule has 0 aliphatic heterocycles. The van der Waals surface area contributed by atoms with E-state index in [1.54, 1.807) is 6.07 Å². The molecule has 0 heterocycles. The molecule has 0 aromatic heterocycles. The summed E-state index contributed by atoms with van der Waals surface area (Å²) >= 11 is 0. The predicted molar refractivity (Wildman–Crippen MR) is 74.4 cm³/mol. The van der Waals surface area contributed by atoms with Crippen LogP contribution in [0.2, 0.25) is 0 Å². The van der Waals surface area contributed by atoms with Crippen LogP contribution in [0.3, 0.4) is 0 Å². The van der Waals surface area contributed by atoms with Gasteiger partial charge in [-0.1, -0.05) is 19.8 Å². The lowest BCUT2D eigenvalue weighted by Crippen LogP contribution is -2.20. The van der Waals surface area contributed by atoms with Gasteiger partial charge in [-0.05, 0) is 42.9 Å². The van der Waals surface area contributed by atoms with Gasteiger partial charge in [-0.15, -0.1) is 0 Å². The van der Waals surface area contributed by atoms with Crippen molar-refractivity contribution in [3.05, 3.63) is 23.8 Å². The molecule has 2 atom stereocenters. The van der Waals surface area contributed by atoms with Gasteiger partial charge >= 0.3 is 5.97 Å². The largest absolute Gasteiger partial charge is 0.491 e. The maximum absolute atomic E-state index is 10.8. The van der Waals surface area contributed by atoms with Crippen LogP contribution in [0.5, 0.6) is 5.75 Å². The van der Waals surface area contributed by atoms with Crippen LogP contribution >= 0.6 is 0 Å². The van der Waals surface area contributed by atoms with Crippen LogP contribution in [-0.2, 0) is 0 Å². The van der Waals surface area contributed by atoms with E-state index in [0.717, 1.165) is 5.92 Å². The van der Waals surface area contributed by atoms with Crippen molar-refractivity contribution in [3.63, 3.8) is 0 Å². The topological polar surface area (TPSA) is 72.5 Å². The first kappa shape index (κ1) is 13.7. The normalized spacial score (nSPS) is 23.0. The number of aromatic carboxylic acids is 1. The fourth-order valence-corrected chi connectivity index (χ4v) is 2.73. The number of rotatable bonds is 4. The Bertz CT molecular complexity index is 459. The summed E-state index contributed by atoms with van der Waals surface area (Å²) in [6.07, 6.45) is 4.99. The minimum Gasteiger partial charge on any atom is -0.491 e. The van der Waals surface area contributed by atoms with Crippen molar-refractivity contribution in [1.82, 2.24) is 0 Å². The standard InChI is InChI=1S/C15H21NO3/c1-10-3-2-4-11(7-10)9-19-14-6-5-12(15(17)18)8-13(14)16/h5-6,8,10-11H,2-4,7,9,16H2,1H3,(H,17,18). The first-order chi connectivity index (χ1) is 9.06. The van der Waals surface area contributed by atoms with E-state index in [1.165, 1.54) is 37.8 Å². The molecule has 1 aliphatic carbocycles. The highest BCUT2D eigenvalue weighted by molar-refractivity contribution is 5.89. The van der Waals surface area contributed by atoms with Crippen molar-refractivity contribution >= 4 is 11.7 Å². The molecular weight excluding hydrogens is 242 g/mol. The molecule has 1 aromatic carbocycles. The zero-order chi connectivity index (χ0) is 13.8. The zero-order valence-electron chi connectivity index (χ0n) is 11.3. The summed E-state index contributed by atoms with van der Waals surface area (Å²) in [6, 6.07) is 4.61. The fourth-order valence-electron chi connectivity index (χ4n) is 2.73. The molecule has 104 valence electrons. The average molecular weight is 263 g/mol. The fraction of sp³-hybridized carbons (Fsp3) is 0.533. The molecule has 0 radical (unpaired) electrons. The third-order valence-electron chi connectivity index (χ3n) is 3.78. The van der Waals surface area contributed by atoms with Crippen LogP contribution in [-0.4, -0.2) is 17.7 Å². The number of carboxylic acid groups (broad SMARTS) is 1. The molecule has 1 aromatic rings. The third kappa shape index (κ3) is 3.63. The number of hydrogen-bond donors (Lipinski definition) is 2. The number of ether oxygens (including phenoxy) is 1. The lowest BCUT2D eigenvalue weighted by atomic mass is 9.83. The van der Waals surface area contributed by atoms with Crippen LogP contribution in [0.25, 0.3) is 0 Å². The van der Waals surface area contributed by atoms with E-state index in [-0.39, 0.29) is 5.56 Å². The molecule has 0 bridgehead atoms. The van der Waals surface area contributed by atoms with E-state index in [4.69, 9.17) is 15.6 Å². The van der Waals surface area contributed by atoms with Gasteiger partial charge in [0.05, 0.1) is 17.9 Å². The van der Waals surface area contributed by atoms with Gasteiger partial charge in [-0.2, -0.15) is 0 Å². The van der Waals surface area contributed by atoms with Crippen LogP contribution in [0.4, 0.5) is 5.69 Å². The highest BCUT2D eigenvalue weighted by Gasteiger charge is 2.19. The number of carbonyl (C=O) groups is 1. The molecule has 0 spiro atoms. The molecule has 1 fully saturated rings. The molecule has 0 amide bonds. The van der Waals surface area contributed by atoms with E-state index >= 15 is 0 Å². The van der Waals surface area contributed by atoms with E-state index in [1.807, 2.05) is 0 Å². The average Bonchev–Trinajstić information content (AvgIpc) is 2.37. The van der Waals surface area contributed by atoms with Crippen LogP contribution in [0.1, 0.15) is 43.0 Å². The Morgan fingerprint density at radius 3 is 2.89 bits per heavy atom. The van der Waals surface area contributed by atoms with Crippen LogP contribution < -0.4 is 10.5 Å². The Kier molecular flexibility index (Phi) is 4.30. The second-order valence-corrected chi connectivity index (χ2v) is 5.51. The Morgan fingerprint density at radius 2 is 2.26 bits per heavy atom. The van der Waals surface area contributed by atoms with Crippen molar-refractivity contribution in [1.29, 1.82) is 0 Å². The zero-order valence-corrected chi connectivity index (χ0v) is 11.3. The van der Waals surface area contributed by atoms with Gasteiger partial charge in [0.1, 0.15) is 5.75 Å². The van der Waals surface area contributed by atoms with Gasteiger partial charge < -0.3 is 15.6 Å². The second kappa shape index (κ2) is 5.95. The number of benzene rings is 1. The molecule has 1 saturated carbocycles. The Hall–Kier alpha value is -1.71. The maximum Gasteiger partial charge on any atom is 0.335 e. The smallest absolute Gasteiger partial charge is 0.335 e. The summed E-state index contributed by atoms with van der Waals surface area (Å²) in [7, 11) is 0. The van der Waals surface area contributed by atoms with Gasteiger partial charge in [0, 0.05) is 0 Å². The first-order valence-corrected chi connectivity index (χ1v) is 6.82. The molecule has 1 aliphatic rings. The summed E-state index contributed by atoms with van der Waals surface area (Å²) in [5.74, 6) is 0.971. The van der Waals surface area contributed by atoms with E-state index < -0.39 is 5.97 Å². The Morgan fingerprint density at radius 1 is 1.47 bits per heavy atom. The highest BCUT2D eigenvalue weighted by Crippen LogP contribution is 2.30.